The Balaban J connectivity index is 1.41. The SMILES string of the molecule is CC[C@H]1C(C2=CCNC([C@H]3C[C@H](C(=O)O)C3)C2)=C2NN=C3C=Cc4cc(F)cc(c43)C2=CN1C. The first-order valence-electron chi connectivity index (χ1n) is 12.1. The molecule has 2 atom stereocenters. The second kappa shape index (κ2) is 7.94. The molecule has 3 N–H and O–H groups in total. The molecule has 2 aliphatic carbocycles. The van der Waals surface area contributed by atoms with Crippen molar-refractivity contribution in [3.05, 3.63) is 69.8 Å². The number of allylic oxidation sites excluding steroid dienone is 2. The number of benzene rings is 1. The highest BCUT2D eigenvalue weighted by Gasteiger charge is 2.41. The molecular formula is C27H29FN4O2. The van der Waals surface area contributed by atoms with E-state index in [1.165, 1.54) is 11.1 Å². The van der Waals surface area contributed by atoms with E-state index in [-0.39, 0.29) is 23.8 Å². The number of nitrogens with one attached hydrogen (secondary N) is 2. The summed E-state index contributed by atoms with van der Waals surface area (Å²) in [5, 5.41) is 17.6. The molecule has 1 aromatic rings. The first-order chi connectivity index (χ1) is 16.4. The summed E-state index contributed by atoms with van der Waals surface area (Å²) in [6.07, 6.45) is 11.5. The Bertz CT molecular complexity index is 1240. The van der Waals surface area contributed by atoms with Gasteiger partial charge < -0.3 is 15.3 Å². The number of likely N-dealkylation sites (N-methyl/N-ethyl adjacent to an activating group) is 1. The van der Waals surface area contributed by atoms with Gasteiger partial charge in [-0.15, -0.1) is 0 Å². The van der Waals surface area contributed by atoms with Crippen LogP contribution in [0.2, 0.25) is 0 Å². The maximum Gasteiger partial charge on any atom is 0.306 e. The quantitative estimate of drug-likeness (QED) is 0.636. The van der Waals surface area contributed by atoms with Crippen molar-refractivity contribution >= 4 is 23.3 Å². The summed E-state index contributed by atoms with van der Waals surface area (Å²) in [5.74, 6) is -0.758. The Morgan fingerprint density at radius 2 is 2.12 bits per heavy atom. The van der Waals surface area contributed by atoms with Crippen molar-refractivity contribution in [2.75, 3.05) is 13.6 Å². The highest BCUT2D eigenvalue weighted by Crippen LogP contribution is 2.44. The van der Waals surface area contributed by atoms with Crippen LogP contribution in [0.25, 0.3) is 11.6 Å². The molecule has 0 bridgehead atoms. The van der Waals surface area contributed by atoms with Gasteiger partial charge >= 0.3 is 5.97 Å². The summed E-state index contributed by atoms with van der Waals surface area (Å²) >= 11 is 0. The minimum atomic E-state index is -0.681. The minimum absolute atomic E-state index is 0.177. The average molecular weight is 461 g/mol. The topological polar surface area (TPSA) is 77.0 Å². The largest absolute Gasteiger partial charge is 0.481 e. The molecule has 0 spiro atoms. The fourth-order valence-corrected chi connectivity index (χ4v) is 6.26. The van der Waals surface area contributed by atoms with Gasteiger partial charge in [0.25, 0.3) is 0 Å². The van der Waals surface area contributed by atoms with Crippen molar-refractivity contribution in [1.29, 1.82) is 0 Å². The lowest BCUT2D eigenvalue weighted by molar-refractivity contribution is -0.146. The number of nitrogens with zero attached hydrogens (tertiary/aromatic N) is 2. The summed E-state index contributed by atoms with van der Waals surface area (Å²) in [6.45, 7) is 2.95. The zero-order chi connectivity index (χ0) is 23.6. The molecule has 0 amide bonds. The molecule has 7 heteroatoms. The van der Waals surface area contributed by atoms with Gasteiger partial charge in [0.1, 0.15) is 5.82 Å². The van der Waals surface area contributed by atoms with Gasteiger partial charge in [0.2, 0.25) is 0 Å². The predicted octanol–water partition coefficient (Wildman–Crippen LogP) is 3.88. The van der Waals surface area contributed by atoms with Gasteiger partial charge in [-0.1, -0.05) is 19.1 Å². The number of hydrazone groups is 1. The van der Waals surface area contributed by atoms with Gasteiger partial charge in [-0.05, 0) is 66.5 Å². The second-order valence-corrected chi connectivity index (χ2v) is 10.00. The van der Waals surface area contributed by atoms with E-state index in [4.69, 9.17) is 5.10 Å². The zero-order valence-electron chi connectivity index (χ0n) is 19.4. The van der Waals surface area contributed by atoms with Gasteiger partial charge in [-0.3, -0.25) is 10.2 Å². The Kier molecular flexibility index (Phi) is 4.99. The smallest absolute Gasteiger partial charge is 0.306 e. The van der Waals surface area contributed by atoms with Crippen LogP contribution in [0.1, 0.15) is 49.3 Å². The number of carbonyl (C=O) groups is 1. The molecule has 1 aromatic carbocycles. The van der Waals surface area contributed by atoms with Crippen molar-refractivity contribution in [2.24, 2.45) is 16.9 Å². The molecule has 5 aliphatic rings. The maximum atomic E-state index is 14.6. The van der Waals surface area contributed by atoms with E-state index >= 15 is 0 Å². The van der Waals surface area contributed by atoms with Gasteiger partial charge in [0.15, 0.2) is 0 Å². The van der Waals surface area contributed by atoms with Crippen molar-refractivity contribution in [2.45, 2.75) is 44.7 Å². The number of aliphatic carboxylic acids is 1. The van der Waals surface area contributed by atoms with Crippen molar-refractivity contribution in [3.63, 3.8) is 0 Å². The van der Waals surface area contributed by atoms with Crippen LogP contribution in [0.5, 0.6) is 0 Å². The standard InChI is InChI=1S/C27H29FN4O2/c1-3-23-25(15-6-7-29-22(11-15)16-8-17(9-16)27(33)34)26-20(13-32(23)2)19-12-18(28)10-14-4-5-21(24(14)19)30-31-26/h4-6,10,12-13,16-17,22-23,29,31H,3,7-9,11H2,1-2H3,(H,33,34)/t16-,17-,22?,23-/m0/s1. The van der Waals surface area contributed by atoms with Crippen LogP contribution in [-0.4, -0.2) is 47.4 Å². The van der Waals surface area contributed by atoms with Crippen LogP contribution in [-0.2, 0) is 4.79 Å². The van der Waals surface area contributed by atoms with Crippen molar-refractivity contribution < 1.29 is 14.3 Å². The van der Waals surface area contributed by atoms with Crippen LogP contribution in [0, 0.1) is 17.7 Å². The van der Waals surface area contributed by atoms with E-state index < -0.39 is 5.97 Å². The highest BCUT2D eigenvalue weighted by atomic mass is 19.1. The lowest BCUT2D eigenvalue weighted by atomic mass is 9.68. The third-order valence-electron chi connectivity index (χ3n) is 8.08. The number of fused-ring (bicyclic) bond motifs is 2. The zero-order valence-corrected chi connectivity index (χ0v) is 19.4. The van der Waals surface area contributed by atoms with Crippen molar-refractivity contribution in [3.8, 4) is 0 Å². The van der Waals surface area contributed by atoms with Crippen LogP contribution < -0.4 is 10.7 Å². The summed E-state index contributed by atoms with van der Waals surface area (Å²) in [7, 11) is 2.09. The van der Waals surface area contributed by atoms with E-state index in [0.717, 1.165) is 65.9 Å². The maximum absolute atomic E-state index is 14.6. The number of carboxylic acids is 1. The summed E-state index contributed by atoms with van der Waals surface area (Å²) in [5.41, 5.74) is 11.3. The normalized spacial score (nSPS) is 29.3. The fourth-order valence-electron chi connectivity index (χ4n) is 6.26. The fraction of sp³-hybridized carbons (Fsp3) is 0.407. The number of hydrogen-bond donors (Lipinski definition) is 3. The molecule has 1 fully saturated rings. The predicted molar refractivity (Wildman–Crippen MR) is 130 cm³/mol. The molecule has 176 valence electrons. The van der Waals surface area contributed by atoms with Gasteiger partial charge in [0.05, 0.1) is 23.4 Å². The highest BCUT2D eigenvalue weighted by molar-refractivity contribution is 6.20. The minimum Gasteiger partial charge on any atom is -0.481 e. The molecule has 0 saturated heterocycles. The van der Waals surface area contributed by atoms with Crippen LogP contribution in [0.4, 0.5) is 4.39 Å². The second-order valence-electron chi connectivity index (χ2n) is 10.00. The number of halogens is 1. The average Bonchev–Trinajstić information content (AvgIpc) is 3.11. The van der Waals surface area contributed by atoms with E-state index in [2.05, 4.69) is 41.9 Å². The Hall–Kier alpha value is -3.19. The lowest BCUT2D eigenvalue weighted by Gasteiger charge is -2.43. The van der Waals surface area contributed by atoms with Crippen LogP contribution in [0.15, 0.2) is 52.4 Å². The Morgan fingerprint density at radius 3 is 2.88 bits per heavy atom. The van der Waals surface area contributed by atoms with E-state index in [9.17, 15) is 14.3 Å². The lowest BCUT2D eigenvalue weighted by Crippen LogP contribution is -2.47. The molecular weight excluding hydrogens is 431 g/mol. The monoisotopic (exact) mass is 460 g/mol. The molecule has 1 saturated carbocycles. The molecule has 0 radical (unpaired) electrons. The molecule has 0 aromatic heterocycles. The first-order valence-corrected chi connectivity index (χ1v) is 12.1. The third kappa shape index (κ3) is 3.25. The summed E-state index contributed by atoms with van der Waals surface area (Å²) in [4.78, 5) is 13.5. The Labute approximate surface area is 198 Å². The third-order valence-corrected chi connectivity index (χ3v) is 8.08. The van der Waals surface area contributed by atoms with Crippen LogP contribution >= 0.6 is 0 Å². The molecule has 6 nitrogen and oxygen atoms in total. The van der Waals surface area contributed by atoms with E-state index in [1.54, 1.807) is 12.1 Å². The number of rotatable bonds is 4. The van der Waals surface area contributed by atoms with Gasteiger partial charge in [-0.2, -0.15) is 5.10 Å². The summed E-state index contributed by atoms with van der Waals surface area (Å²) < 4.78 is 14.6. The Morgan fingerprint density at radius 1 is 1.29 bits per heavy atom. The van der Waals surface area contributed by atoms with E-state index in [0.29, 0.717) is 5.92 Å². The molecule has 3 aliphatic heterocycles. The number of carboxylic acid groups (broad SMARTS) is 1. The molecule has 1 unspecified atom stereocenters. The number of hydrogen-bond acceptors (Lipinski definition) is 5. The van der Waals surface area contributed by atoms with Crippen LogP contribution in [0.3, 0.4) is 0 Å². The summed E-state index contributed by atoms with van der Waals surface area (Å²) in [6, 6.07) is 3.64. The van der Waals surface area contributed by atoms with Gasteiger partial charge in [0, 0.05) is 42.5 Å². The van der Waals surface area contributed by atoms with Crippen molar-refractivity contribution in [1.82, 2.24) is 15.6 Å². The van der Waals surface area contributed by atoms with E-state index in [1.807, 2.05) is 12.2 Å². The van der Waals surface area contributed by atoms with Gasteiger partial charge in [-0.25, -0.2) is 4.39 Å². The first kappa shape index (κ1) is 21.4. The molecule has 6 rings (SSSR count). The molecule has 3 heterocycles. The molecule has 34 heavy (non-hydrogen) atoms.